The van der Waals surface area contributed by atoms with E-state index in [4.69, 9.17) is 19.3 Å². The van der Waals surface area contributed by atoms with Crippen molar-refractivity contribution >= 4 is 24.1 Å². The molecule has 0 radical (unpaired) electrons. The van der Waals surface area contributed by atoms with Crippen LogP contribution in [0.2, 0.25) is 0 Å². The van der Waals surface area contributed by atoms with Crippen molar-refractivity contribution in [2.45, 2.75) is 65.8 Å². The number of ether oxygens (including phenoxy) is 3. The first-order valence-corrected chi connectivity index (χ1v) is 12.1. The van der Waals surface area contributed by atoms with Crippen LogP contribution in [0.5, 0.6) is 0 Å². The molecule has 0 fully saturated rings. The molecule has 0 bridgehead atoms. The van der Waals surface area contributed by atoms with Gasteiger partial charge < -0.3 is 24.6 Å². The molecule has 2 amide bonds. The molecule has 0 saturated heterocycles. The number of hydrogen-bond acceptors (Lipinski definition) is 9. The second kappa shape index (κ2) is 13.1. The Morgan fingerprint density at radius 1 is 0.875 bits per heavy atom. The molecular weight excluding hydrogens is 534 g/mol. The van der Waals surface area contributed by atoms with Crippen molar-refractivity contribution in [3.05, 3.63) is 58.7 Å². The van der Waals surface area contributed by atoms with Gasteiger partial charge in [0.25, 0.3) is 0 Å². The van der Waals surface area contributed by atoms with Gasteiger partial charge in [-0.3, -0.25) is 4.90 Å². The minimum Gasteiger partial charge on any atom is -0.477 e. The van der Waals surface area contributed by atoms with Crippen molar-refractivity contribution in [3.8, 4) is 0 Å². The molecule has 0 aliphatic rings. The van der Waals surface area contributed by atoms with E-state index in [0.29, 0.717) is 0 Å². The quantitative estimate of drug-likeness (QED) is 0.335. The maximum absolute atomic E-state index is 14.3. The highest BCUT2D eigenvalue weighted by molar-refractivity contribution is 5.87. The third-order valence-electron chi connectivity index (χ3n) is 4.65. The van der Waals surface area contributed by atoms with Crippen molar-refractivity contribution in [1.29, 1.82) is 0 Å². The van der Waals surface area contributed by atoms with Crippen molar-refractivity contribution in [2.24, 2.45) is 0 Å². The minimum atomic E-state index is -1.38. The van der Waals surface area contributed by atoms with Gasteiger partial charge in [0.2, 0.25) is 0 Å². The molecule has 2 heterocycles. The largest absolute Gasteiger partial charge is 0.477 e. The Morgan fingerprint density at radius 2 is 1.43 bits per heavy atom. The molecule has 2 aromatic heterocycles. The number of nitrogens with one attached hydrogen (secondary N) is 1. The number of hydrogen-bond donors (Lipinski definition) is 2. The highest BCUT2D eigenvalue weighted by atomic mass is 19.1. The summed E-state index contributed by atoms with van der Waals surface area (Å²) < 4.78 is 44.1. The standard InChI is InChI=1S/C26H32F2N4O8/c1-25(2,3)39-23(36)29-13-19-15(27)8-10-18(31-19)22(35)38-12-11-32(24(37)40-26(4,5)6)14-20-16(28)7-9-17(30-20)21(33)34/h7-10H,11-14H2,1-6H3,(H,29,36)(H,33,34). The third-order valence-corrected chi connectivity index (χ3v) is 4.65. The molecule has 40 heavy (non-hydrogen) atoms. The zero-order valence-corrected chi connectivity index (χ0v) is 23.0. The number of aromatic carboxylic acids is 1. The summed E-state index contributed by atoms with van der Waals surface area (Å²) in [6.07, 6.45) is -1.69. The number of aromatic nitrogens is 2. The molecule has 0 saturated carbocycles. The first-order valence-electron chi connectivity index (χ1n) is 12.1. The molecule has 0 spiro atoms. The number of carboxylic acids is 1. The molecule has 14 heteroatoms. The van der Waals surface area contributed by atoms with Gasteiger partial charge in [-0.15, -0.1) is 0 Å². The fourth-order valence-corrected chi connectivity index (χ4v) is 2.97. The molecule has 0 aliphatic carbocycles. The molecular formula is C26H32F2N4O8. The second-order valence-corrected chi connectivity index (χ2v) is 10.4. The van der Waals surface area contributed by atoms with E-state index in [1.807, 2.05) is 0 Å². The summed E-state index contributed by atoms with van der Waals surface area (Å²) in [5.41, 5.74) is -2.95. The van der Waals surface area contributed by atoms with Gasteiger partial charge >= 0.3 is 24.1 Å². The van der Waals surface area contributed by atoms with Gasteiger partial charge in [-0.1, -0.05) is 0 Å². The molecule has 2 rings (SSSR count). The van der Waals surface area contributed by atoms with Crippen molar-refractivity contribution in [2.75, 3.05) is 13.2 Å². The summed E-state index contributed by atoms with van der Waals surface area (Å²) in [5, 5.41) is 11.5. The summed E-state index contributed by atoms with van der Waals surface area (Å²) >= 11 is 0. The highest BCUT2D eigenvalue weighted by Gasteiger charge is 2.25. The number of pyridine rings is 2. The highest BCUT2D eigenvalue weighted by Crippen LogP contribution is 2.15. The number of amides is 2. The SMILES string of the molecule is CC(C)(C)OC(=O)NCc1nc(C(=O)OCCN(Cc2nc(C(=O)O)ccc2F)C(=O)OC(C)(C)C)ccc1F. The molecule has 218 valence electrons. The van der Waals surface area contributed by atoms with Crippen molar-refractivity contribution < 1.29 is 47.3 Å². The van der Waals surface area contributed by atoms with E-state index < -0.39 is 65.8 Å². The van der Waals surface area contributed by atoms with Crippen LogP contribution in [0.4, 0.5) is 18.4 Å². The van der Waals surface area contributed by atoms with Gasteiger partial charge in [-0.05, 0) is 65.8 Å². The predicted molar refractivity (Wildman–Crippen MR) is 135 cm³/mol. The van der Waals surface area contributed by atoms with Crippen LogP contribution >= 0.6 is 0 Å². The lowest BCUT2D eigenvalue weighted by molar-refractivity contribution is 0.0145. The summed E-state index contributed by atoms with van der Waals surface area (Å²) in [6.45, 7) is 8.30. The van der Waals surface area contributed by atoms with Crippen LogP contribution in [-0.4, -0.2) is 68.5 Å². The fourth-order valence-electron chi connectivity index (χ4n) is 2.97. The maximum atomic E-state index is 14.3. The molecule has 2 N–H and O–H groups in total. The Bertz CT molecular complexity index is 1260. The summed E-state index contributed by atoms with van der Waals surface area (Å²) in [7, 11) is 0. The van der Waals surface area contributed by atoms with E-state index in [-0.39, 0.29) is 30.2 Å². The van der Waals surface area contributed by atoms with Gasteiger partial charge in [0.1, 0.15) is 40.8 Å². The van der Waals surface area contributed by atoms with E-state index in [0.717, 1.165) is 29.2 Å². The Balaban J connectivity index is 2.10. The number of esters is 1. The van der Waals surface area contributed by atoms with Gasteiger partial charge in [0.05, 0.1) is 31.0 Å². The number of halogens is 2. The van der Waals surface area contributed by atoms with E-state index in [1.165, 1.54) is 0 Å². The lowest BCUT2D eigenvalue weighted by atomic mass is 10.2. The number of carbonyl (C=O) groups is 4. The summed E-state index contributed by atoms with van der Waals surface area (Å²) in [4.78, 5) is 57.0. The monoisotopic (exact) mass is 566 g/mol. The second-order valence-electron chi connectivity index (χ2n) is 10.4. The van der Waals surface area contributed by atoms with Crippen molar-refractivity contribution in [1.82, 2.24) is 20.2 Å². The average molecular weight is 567 g/mol. The fraction of sp³-hybridized carbons (Fsp3) is 0.462. The van der Waals surface area contributed by atoms with Crippen LogP contribution in [0.25, 0.3) is 0 Å². The number of rotatable bonds is 9. The molecule has 0 atom stereocenters. The average Bonchev–Trinajstić information content (AvgIpc) is 2.81. The molecule has 0 aliphatic heterocycles. The molecule has 2 aromatic rings. The number of alkyl carbamates (subject to hydrolysis) is 1. The molecule has 0 aromatic carbocycles. The predicted octanol–water partition coefficient (Wildman–Crippen LogP) is 4.07. The maximum Gasteiger partial charge on any atom is 0.410 e. The third kappa shape index (κ3) is 10.4. The minimum absolute atomic E-state index is 0.240. The lowest BCUT2D eigenvalue weighted by Crippen LogP contribution is -2.39. The van der Waals surface area contributed by atoms with Gasteiger partial charge in [-0.25, -0.2) is 37.9 Å². The van der Waals surface area contributed by atoms with Gasteiger partial charge in [0.15, 0.2) is 0 Å². The van der Waals surface area contributed by atoms with Crippen molar-refractivity contribution in [3.63, 3.8) is 0 Å². The Labute approximate surface area is 229 Å². The van der Waals surface area contributed by atoms with Crippen LogP contribution in [0.15, 0.2) is 24.3 Å². The van der Waals surface area contributed by atoms with E-state index in [2.05, 4.69) is 15.3 Å². The topological polar surface area (TPSA) is 157 Å². The Kier molecular flexibility index (Phi) is 10.5. The first-order chi connectivity index (χ1) is 18.4. The number of carbonyl (C=O) groups excluding carboxylic acids is 3. The number of nitrogens with zero attached hydrogens (tertiary/aromatic N) is 3. The Morgan fingerprint density at radius 3 is 2.00 bits per heavy atom. The van der Waals surface area contributed by atoms with E-state index in [9.17, 15) is 28.0 Å². The van der Waals surface area contributed by atoms with E-state index in [1.54, 1.807) is 41.5 Å². The van der Waals surface area contributed by atoms with Gasteiger partial charge in [0, 0.05) is 0 Å². The van der Waals surface area contributed by atoms with Crippen LogP contribution in [-0.2, 0) is 27.3 Å². The van der Waals surface area contributed by atoms with Crippen LogP contribution < -0.4 is 5.32 Å². The lowest BCUT2D eigenvalue weighted by Gasteiger charge is -2.27. The summed E-state index contributed by atoms with van der Waals surface area (Å²) in [5.74, 6) is -3.97. The van der Waals surface area contributed by atoms with Gasteiger partial charge in [-0.2, -0.15) is 0 Å². The molecule has 12 nitrogen and oxygen atoms in total. The van der Waals surface area contributed by atoms with E-state index >= 15 is 0 Å². The smallest absolute Gasteiger partial charge is 0.410 e. The van der Waals surface area contributed by atoms with Crippen LogP contribution in [0, 0.1) is 11.6 Å². The zero-order valence-electron chi connectivity index (χ0n) is 23.0. The normalized spacial score (nSPS) is 11.4. The Hall–Kier alpha value is -4.36. The number of carboxylic acid groups (broad SMARTS) is 1. The van der Waals surface area contributed by atoms with Crippen LogP contribution in [0.1, 0.15) is 73.9 Å². The first kappa shape index (κ1) is 31.9. The zero-order chi connectivity index (χ0) is 30.3. The molecule has 0 unspecified atom stereocenters. The van der Waals surface area contributed by atoms with Crippen LogP contribution in [0.3, 0.4) is 0 Å². The summed E-state index contributed by atoms with van der Waals surface area (Å²) in [6, 6.07) is 3.95.